The van der Waals surface area contributed by atoms with E-state index in [-0.39, 0.29) is 12.6 Å². The van der Waals surface area contributed by atoms with Gasteiger partial charge in [-0.25, -0.2) is 0 Å². The molecule has 0 aliphatic heterocycles. The second kappa shape index (κ2) is 4.54. The van der Waals surface area contributed by atoms with Crippen LogP contribution >= 0.6 is 0 Å². The highest BCUT2D eigenvalue weighted by molar-refractivity contribution is 5.35. The molecule has 2 N–H and O–H groups in total. The maximum Gasteiger partial charge on any atom is 0.148 e. The lowest BCUT2D eigenvalue weighted by Crippen LogP contribution is -2.07. The Morgan fingerprint density at radius 1 is 1.54 bits per heavy atom. The van der Waals surface area contributed by atoms with Crippen molar-refractivity contribution in [1.82, 2.24) is 0 Å². The Bertz CT molecular complexity index is 312. The van der Waals surface area contributed by atoms with Crippen LogP contribution in [0.2, 0.25) is 0 Å². The van der Waals surface area contributed by atoms with Crippen LogP contribution in [0.5, 0.6) is 5.75 Å². The van der Waals surface area contributed by atoms with Crippen molar-refractivity contribution >= 4 is 0 Å². The van der Waals surface area contributed by atoms with Crippen LogP contribution in [0.4, 0.5) is 0 Å². The summed E-state index contributed by atoms with van der Waals surface area (Å²) in [6.45, 7) is 2.20. The topological polar surface area (TPSA) is 35.2 Å². The molecule has 0 unspecified atom stereocenters. The first-order valence-corrected chi connectivity index (χ1v) is 4.16. The summed E-state index contributed by atoms with van der Waals surface area (Å²) in [6.07, 6.45) is 5.10. The van der Waals surface area contributed by atoms with Crippen LogP contribution in [0.3, 0.4) is 0 Å². The van der Waals surface area contributed by atoms with Crippen LogP contribution in [-0.2, 0) is 0 Å². The second-order valence-corrected chi connectivity index (χ2v) is 2.82. The Balaban J connectivity index is 2.86. The first-order valence-electron chi connectivity index (χ1n) is 4.16. The van der Waals surface area contributed by atoms with Crippen molar-refractivity contribution < 1.29 is 4.74 Å². The fourth-order valence-electron chi connectivity index (χ4n) is 1.11. The molecule has 0 saturated carbocycles. The quantitative estimate of drug-likeness (QED) is 0.710. The molecular weight excluding hydrogens is 162 g/mol. The number of hydrogen-bond acceptors (Lipinski definition) is 2. The molecule has 0 saturated heterocycles. The molecule has 0 spiro atoms. The van der Waals surface area contributed by atoms with Crippen LogP contribution in [0.25, 0.3) is 0 Å². The SMILES string of the molecule is C#CCOc1ccccc1[C@@H](C)N. The standard InChI is InChI=1S/C11H13NO/c1-3-8-13-11-7-5-4-6-10(11)9(2)12/h1,4-7,9H,8,12H2,2H3/t9-/m1/s1. The molecule has 0 amide bonds. The summed E-state index contributed by atoms with van der Waals surface area (Å²) in [5, 5.41) is 0. The van der Waals surface area contributed by atoms with Gasteiger partial charge in [0.1, 0.15) is 12.4 Å². The second-order valence-electron chi connectivity index (χ2n) is 2.82. The Hall–Kier alpha value is -1.46. The highest BCUT2D eigenvalue weighted by atomic mass is 16.5. The molecule has 2 heteroatoms. The smallest absolute Gasteiger partial charge is 0.148 e. The molecule has 0 bridgehead atoms. The zero-order valence-corrected chi connectivity index (χ0v) is 7.66. The molecule has 1 atom stereocenters. The van der Waals surface area contributed by atoms with Crippen molar-refractivity contribution in [2.45, 2.75) is 13.0 Å². The molecule has 13 heavy (non-hydrogen) atoms. The van der Waals surface area contributed by atoms with Crippen molar-refractivity contribution in [3.05, 3.63) is 29.8 Å². The fourth-order valence-corrected chi connectivity index (χ4v) is 1.11. The Morgan fingerprint density at radius 3 is 2.85 bits per heavy atom. The minimum atomic E-state index is -0.0334. The molecule has 0 aliphatic rings. The molecule has 0 radical (unpaired) electrons. The third-order valence-electron chi connectivity index (χ3n) is 1.72. The van der Waals surface area contributed by atoms with Gasteiger partial charge in [0.15, 0.2) is 0 Å². The van der Waals surface area contributed by atoms with Gasteiger partial charge in [0.2, 0.25) is 0 Å². The highest BCUT2D eigenvalue weighted by Crippen LogP contribution is 2.22. The molecule has 0 aliphatic carbocycles. The largest absolute Gasteiger partial charge is 0.481 e. The summed E-state index contributed by atoms with van der Waals surface area (Å²) in [6, 6.07) is 7.61. The Morgan fingerprint density at radius 2 is 2.23 bits per heavy atom. The van der Waals surface area contributed by atoms with Crippen molar-refractivity contribution in [3.63, 3.8) is 0 Å². The summed E-state index contributed by atoms with van der Waals surface area (Å²) in [5.74, 6) is 3.19. The van der Waals surface area contributed by atoms with Gasteiger partial charge < -0.3 is 10.5 Å². The van der Waals surface area contributed by atoms with E-state index in [4.69, 9.17) is 16.9 Å². The van der Waals surface area contributed by atoms with Gasteiger partial charge in [0.25, 0.3) is 0 Å². The monoisotopic (exact) mass is 175 g/mol. The minimum absolute atomic E-state index is 0.0334. The highest BCUT2D eigenvalue weighted by Gasteiger charge is 2.05. The lowest BCUT2D eigenvalue weighted by atomic mass is 10.1. The normalized spacial score (nSPS) is 11.8. The predicted molar refractivity (Wildman–Crippen MR) is 53.4 cm³/mol. The van der Waals surface area contributed by atoms with Crippen LogP contribution in [0.15, 0.2) is 24.3 Å². The van der Waals surface area contributed by atoms with Gasteiger partial charge in [0, 0.05) is 11.6 Å². The molecule has 1 aromatic rings. The lowest BCUT2D eigenvalue weighted by Gasteiger charge is -2.11. The zero-order chi connectivity index (χ0) is 9.68. The van der Waals surface area contributed by atoms with E-state index in [1.165, 1.54) is 0 Å². The van der Waals surface area contributed by atoms with Crippen molar-refractivity contribution in [1.29, 1.82) is 0 Å². The molecule has 0 aromatic heterocycles. The summed E-state index contributed by atoms with van der Waals surface area (Å²) in [7, 11) is 0. The molecular formula is C11H13NO. The number of para-hydroxylation sites is 1. The molecule has 1 aromatic carbocycles. The van der Waals surface area contributed by atoms with E-state index in [0.717, 1.165) is 11.3 Å². The lowest BCUT2D eigenvalue weighted by molar-refractivity contribution is 0.364. The van der Waals surface area contributed by atoms with Gasteiger partial charge >= 0.3 is 0 Å². The first kappa shape index (κ1) is 9.63. The maximum atomic E-state index is 5.75. The maximum absolute atomic E-state index is 5.75. The number of hydrogen-bond donors (Lipinski definition) is 1. The van der Waals surface area contributed by atoms with Gasteiger partial charge in [-0.05, 0) is 13.0 Å². The van der Waals surface area contributed by atoms with Crippen molar-refractivity contribution in [2.24, 2.45) is 5.73 Å². The average molecular weight is 175 g/mol. The summed E-state index contributed by atoms with van der Waals surface area (Å²) >= 11 is 0. The van der Waals surface area contributed by atoms with E-state index in [2.05, 4.69) is 5.92 Å². The van der Waals surface area contributed by atoms with E-state index >= 15 is 0 Å². The van der Waals surface area contributed by atoms with Gasteiger partial charge in [-0.1, -0.05) is 24.1 Å². The third kappa shape index (κ3) is 2.50. The Labute approximate surface area is 78.7 Å². The number of benzene rings is 1. The van der Waals surface area contributed by atoms with Gasteiger partial charge in [-0.3, -0.25) is 0 Å². The van der Waals surface area contributed by atoms with Crippen LogP contribution < -0.4 is 10.5 Å². The fraction of sp³-hybridized carbons (Fsp3) is 0.273. The number of ether oxygens (including phenoxy) is 1. The van der Waals surface area contributed by atoms with E-state index in [1.54, 1.807) is 0 Å². The van der Waals surface area contributed by atoms with E-state index in [9.17, 15) is 0 Å². The molecule has 0 heterocycles. The number of nitrogens with two attached hydrogens (primary N) is 1. The van der Waals surface area contributed by atoms with E-state index < -0.39 is 0 Å². The van der Waals surface area contributed by atoms with Gasteiger partial charge in [-0.15, -0.1) is 6.42 Å². The van der Waals surface area contributed by atoms with Crippen LogP contribution in [0.1, 0.15) is 18.5 Å². The molecule has 2 nitrogen and oxygen atoms in total. The van der Waals surface area contributed by atoms with Crippen molar-refractivity contribution in [3.8, 4) is 18.1 Å². The van der Waals surface area contributed by atoms with Crippen LogP contribution in [-0.4, -0.2) is 6.61 Å². The van der Waals surface area contributed by atoms with Gasteiger partial charge in [-0.2, -0.15) is 0 Å². The van der Waals surface area contributed by atoms with Crippen molar-refractivity contribution in [2.75, 3.05) is 6.61 Å². The first-order chi connectivity index (χ1) is 6.25. The molecule has 0 fully saturated rings. The summed E-state index contributed by atoms with van der Waals surface area (Å²) in [5.41, 5.74) is 6.74. The Kier molecular flexibility index (Phi) is 3.36. The van der Waals surface area contributed by atoms with E-state index in [0.29, 0.717) is 0 Å². The average Bonchev–Trinajstić information content (AvgIpc) is 2.15. The third-order valence-corrected chi connectivity index (χ3v) is 1.72. The summed E-state index contributed by atoms with van der Waals surface area (Å²) in [4.78, 5) is 0. The number of rotatable bonds is 3. The molecule has 68 valence electrons. The summed E-state index contributed by atoms with van der Waals surface area (Å²) < 4.78 is 5.33. The minimum Gasteiger partial charge on any atom is -0.481 e. The van der Waals surface area contributed by atoms with Crippen LogP contribution in [0, 0.1) is 12.3 Å². The predicted octanol–water partition coefficient (Wildman–Crippen LogP) is 1.72. The van der Waals surface area contributed by atoms with E-state index in [1.807, 2.05) is 31.2 Å². The number of terminal acetylenes is 1. The zero-order valence-electron chi connectivity index (χ0n) is 7.66. The van der Waals surface area contributed by atoms with Gasteiger partial charge in [0.05, 0.1) is 0 Å². The molecule has 1 rings (SSSR count).